The topological polar surface area (TPSA) is 138 Å². The van der Waals surface area contributed by atoms with Gasteiger partial charge in [0.25, 0.3) is 0 Å². The molecule has 0 radical (unpaired) electrons. The molecule has 0 atom stereocenters. The number of aromatic hydroxyl groups is 6. The van der Waals surface area contributed by atoms with Crippen LogP contribution in [-0.2, 0) is 4.79 Å². The molecule has 2 rings (SSSR count). The van der Waals surface area contributed by atoms with Crippen molar-refractivity contribution in [3.05, 3.63) is 47.5 Å². The van der Waals surface area contributed by atoms with E-state index in [4.69, 9.17) is 0 Å². The van der Waals surface area contributed by atoms with Crippen molar-refractivity contribution in [2.45, 2.75) is 12.8 Å². The van der Waals surface area contributed by atoms with E-state index in [-0.39, 0.29) is 18.6 Å². The molecule has 0 spiro atoms. The van der Waals surface area contributed by atoms with Crippen molar-refractivity contribution in [2.75, 3.05) is 0 Å². The van der Waals surface area contributed by atoms with Gasteiger partial charge in [0.1, 0.15) is 5.78 Å². The second-order valence-corrected chi connectivity index (χ2v) is 5.57. The Hall–Kier alpha value is -3.61. The molecule has 0 saturated carbocycles. The van der Waals surface area contributed by atoms with Gasteiger partial charge in [-0.05, 0) is 35.4 Å². The Morgan fingerprint density at radius 1 is 0.654 bits per heavy atom. The van der Waals surface area contributed by atoms with Crippen LogP contribution in [0.1, 0.15) is 24.0 Å². The van der Waals surface area contributed by atoms with Gasteiger partial charge >= 0.3 is 0 Å². The minimum atomic E-state index is -0.602. The summed E-state index contributed by atoms with van der Waals surface area (Å²) in [5.74, 6) is -3.15. The van der Waals surface area contributed by atoms with Crippen molar-refractivity contribution in [1.29, 1.82) is 0 Å². The average molecular weight is 358 g/mol. The predicted octanol–water partition coefficient (Wildman–Crippen LogP) is 3.00. The third-order valence-electron chi connectivity index (χ3n) is 3.50. The number of Topliss-reactive ketones (excluding diaryl/α,β-unsaturated/α-hetero) is 1. The monoisotopic (exact) mass is 358 g/mol. The molecule has 0 aliphatic heterocycles. The van der Waals surface area contributed by atoms with Crippen molar-refractivity contribution in [1.82, 2.24) is 0 Å². The molecule has 0 saturated heterocycles. The van der Waals surface area contributed by atoms with Crippen LogP contribution in [0.4, 0.5) is 0 Å². The number of hydrogen-bond acceptors (Lipinski definition) is 7. The van der Waals surface area contributed by atoms with Crippen molar-refractivity contribution >= 4 is 17.9 Å². The van der Waals surface area contributed by atoms with E-state index in [1.165, 1.54) is 36.4 Å². The molecule has 7 heteroatoms. The summed E-state index contributed by atoms with van der Waals surface area (Å²) < 4.78 is 0. The van der Waals surface area contributed by atoms with Crippen LogP contribution in [0.5, 0.6) is 34.5 Å². The summed E-state index contributed by atoms with van der Waals surface area (Å²) in [6.45, 7) is 0. The summed E-state index contributed by atoms with van der Waals surface area (Å²) in [4.78, 5) is 11.8. The zero-order valence-electron chi connectivity index (χ0n) is 13.6. The van der Waals surface area contributed by atoms with Crippen LogP contribution in [0.15, 0.2) is 36.4 Å². The molecule has 0 unspecified atom stereocenters. The average Bonchev–Trinajstić information content (AvgIpc) is 2.57. The van der Waals surface area contributed by atoms with Crippen LogP contribution in [-0.4, -0.2) is 36.4 Å². The van der Waals surface area contributed by atoms with Crippen molar-refractivity contribution in [3.8, 4) is 34.5 Å². The Kier molecular flexibility index (Phi) is 5.74. The van der Waals surface area contributed by atoms with E-state index < -0.39 is 34.5 Å². The van der Waals surface area contributed by atoms with Gasteiger partial charge in [-0.25, -0.2) is 0 Å². The van der Waals surface area contributed by atoms with Crippen LogP contribution >= 0.6 is 0 Å². The molecule has 6 N–H and O–H groups in total. The van der Waals surface area contributed by atoms with Gasteiger partial charge in [-0.1, -0.05) is 24.3 Å². The number of ketones is 1. The fourth-order valence-corrected chi connectivity index (χ4v) is 2.18. The molecule has 0 aliphatic carbocycles. The lowest BCUT2D eigenvalue weighted by Gasteiger charge is -2.02. The standard InChI is InChI=1S/C19H18O7/c20-13(5-1-3-11-7-14(21)18(25)15(22)8-11)6-2-4-12-9-16(23)19(26)17(24)10-12/h1-4,7-10,21-26H,5-6H2. The molecule has 7 nitrogen and oxygen atoms in total. The molecule has 0 aliphatic rings. The smallest absolute Gasteiger partial charge is 0.200 e. The lowest BCUT2D eigenvalue weighted by Crippen LogP contribution is -1.92. The Morgan fingerprint density at radius 2 is 0.962 bits per heavy atom. The Labute approximate surface area is 149 Å². The maximum Gasteiger partial charge on any atom is 0.200 e. The summed E-state index contributed by atoms with van der Waals surface area (Å²) in [6.07, 6.45) is 6.38. The van der Waals surface area contributed by atoms with Crippen molar-refractivity contribution < 1.29 is 35.4 Å². The predicted molar refractivity (Wildman–Crippen MR) is 95.2 cm³/mol. The molecule has 26 heavy (non-hydrogen) atoms. The Bertz CT molecular complexity index is 764. The quantitative estimate of drug-likeness (QED) is 0.436. The summed E-state index contributed by atoms with van der Waals surface area (Å²) in [7, 11) is 0. The van der Waals surface area contributed by atoms with Crippen LogP contribution in [0, 0.1) is 0 Å². The fraction of sp³-hybridized carbons (Fsp3) is 0.105. The molecule has 0 fully saturated rings. The minimum Gasteiger partial charge on any atom is -0.504 e. The van der Waals surface area contributed by atoms with E-state index in [0.29, 0.717) is 11.1 Å². The summed E-state index contributed by atoms with van der Waals surface area (Å²) in [6, 6.07) is 5.00. The normalized spacial score (nSPS) is 11.4. The van der Waals surface area contributed by atoms with E-state index in [2.05, 4.69) is 0 Å². The van der Waals surface area contributed by atoms with Gasteiger partial charge in [0.2, 0.25) is 0 Å². The van der Waals surface area contributed by atoms with Gasteiger partial charge in [-0.15, -0.1) is 0 Å². The minimum absolute atomic E-state index is 0.110. The molecular formula is C19H18O7. The molecule has 136 valence electrons. The second-order valence-electron chi connectivity index (χ2n) is 5.57. The van der Waals surface area contributed by atoms with Gasteiger partial charge in [-0.2, -0.15) is 0 Å². The molecular weight excluding hydrogens is 340 g/mol. The highest BCUT2D eigenvalue weighted by molar-refractivity contribution is 5.83. The van der Waals surface area contributed by atoms with Gasteiger partial charge < -0.3 is 30.6 Å². The molecule has 2 aromatic carbocycles. The third-order valence-corrected chi connectivity index (χ3v) is 3.50. The van der Waals surface area contributed by atoms with Crippen LogP contribution in [0.2, 0.25) is 0 Å². The number of phenols is 6. The molecule has 0 bridgehead atoms. The SMILES string of the molecule is O=C(CC=Cc1cc(O)c(O)c(O)c1)CC=Cc1cc(O)c(O)c(O)c1. The van der Waals surface area contributed by atoms with Crippen molar-refractivity contribution in [3.63, 3.8) is 0 Å². The largest absolute Gasteiger partial charge is 0.504 e. The number of carbonyl (C=O) groups is 1. The zero-order valence-corrected chi connectivity index (χ0v) is 13.6. The van der Waals surface area contributed by atoms with Gasteiger partial charge in [-0.3, -0.25) is 4.79 Å². The first kappa shape index (κ1) is 18.7. The van der Waals surface area contributed by atoms with E-state index in [0.717, 1.165) is 0 Å². The van der Waals surface area contributed by atoms with Gasteiger partial charge in [0.15, 0.2) is 34.5 Å². The Balaban J connectivity index is 1.91. The number of carbonyl (C=O) groups excluding carboxylic acids is 1. The number of rotatable bonds is 6. The number of phenolic OH excluding ortho intramolecular Hbond substituents is 6. The van der Waals surface area contributed by atoms with E-state index in [1.54, 1.807) is 12.2 Å². The van der Waals surface area contributed by atoms with Crippen LogP contribution in [0.25, 0.3) is 12.2 Å². The summed E-state index contributed by atoms with van der Waals surface area (Å²) in [5.41, 5.74) is 0.854. The first-order valence-electron chi connectivity index (χ1n) is 7.62. The second kappa shape index (κ2) is 7.98. The summed E-state index contributed by atoms with van der Waals surface area (Å²) >= 11 is 0. The first-order chi connectivity index (χ1) is 12.3. The maximum absolute atomic E-state index is 11.8. The zero-order chi connectivity index (χ0) is 19.3. The maximum atomic E-state index is 11.8. The third kappa shape index (κ3) is 4.70. The number of allylic oxidation sites excluding steroid dienone is 2. The number of hydrogen-bond donors (Lipinski definition) is 6. The van der Waals surface area contributed by atoms with E-state index >= 15 is 0 Å². The summed E-state index contributed by atoms with van der Waals surface area (Å²) in [5, 5.41) is 56.1. The fourth-order valence-electron chi connectivity index (χ4n) is 2.18. The number of benzene rings is 2. The first-order valence-corrected chi connectivity index (χ1v) is 7.62. The molecule has 2 aromatic rings. The Morgan fingerprint density at radius 3 is 1.27 bits per heavy atom. The van der Waals surface area contributed by atoms with Crippen molar-refractivity contribution in [2.24, 2.45) is 0 Å². The molecule has 0 amide bonds. The van der Waals surface area contributed by atoms with Crippen LogP contribution < -0.4 is 0 Å². The molecule has 0 aromatic heterocycles. The highest BCUT2D eigenvalue weighted by Crippen LogP contribution is 2.36. The molecule has 0 heterocycles. The van der Waals surface area contributed by atoms with E-state index in [1.807, 2.05) is 0 Å². The van der Waals surface area contributed by atoms with Gasteiger partial charge in [0, 0.05) is 12.8 Å². The lowest BCUT2D eigenvalue weighted by atomic mass is 10.1. The van der Waals surface area contributed by atoms with E-state index in [9.17, 15) is 35.4 Å². The highest BCUT2D eigenvalue weighted by Gasteiger charge is 2.07. The highest BCUT2D eigenvalue weighted by atomic mass is 16.3. The lowest BCUT2D eigenvalue weighted by molar-refractivity contribution is -0.117. The van der Waals surface area contributed by atoms with Gasteiger partial charge in [0.05, 0.1) is 0 Å². The van der Waals surface area contributed by atoms with Crippen LogP contribution in [0.3, 0.4) is 0 Å².